The first-order chi connectivity index (χ1) is 15.3. The van der Waals surface area contributed by atoms with Crippen molar-refractivity contribution in [3.63, 3.8) is 0 Å². The first kappa shape index (κ1) is 21.5. The fraction of sp³-hybridized carbons (Fsp3) is 0. The second-order valence-electron chi connectivity index (χ2n) is 6.59. The minimum atomic E-state index is -4.67. The lowest BCUT2D eigenvalue weighted by molar-refractivity contribution is 0.584. The average molecular weight is 468 g/mol. The van der Waals surface area contributed by atoms with E-state index in [4.69, 9.17) is 0 Å². The minimum absolute atomic E-state index is 0.187. The van der Waals surface area contributed by atoms with Gasteiger partial charge in [0.1, 0.15) is 11.5 Å². The third-order valence-electron chi connectivity index (χ3n) is 4.54. The summed E-state index contributed by atoms with van der Waals surface area (Å²) in [5.41, 5.74) is -1.41. The maximum absolute atomic E-state index is 13.5. The van der Waals surface area contributed by atoms with Crippen LogP contribution >= 0.6 is 0 Å². The van der Waals surface area contributed by atoms with Crippen molar-refractivity contribution in [1.82, 2.24) is 9.55 Å². The molecule has 0 spiro atoms. The SMILES string of the molecule is O=c1c(N(S(=O)(=O)c2ccccc2)S(=O)(=O)c2ccccc2)cccn1-c1ccccn1. The van der Waals surface area contributed by atoms with Gasteiger partial charge in [-0.25, -0.2) is 21.8 Å². The van der Waals surface area contributed by atoms with Gasteiger partial charge in [0.15, 0.2) is 0 Å². The third-order valence-corrected chi connectivity index (χ3v) is 8.72. The molecule has 10 heteroatoms. The van der Waals surface area contributed by atoms with Gasteiger partial charge in [0.05, 0.1) is 9.79 Å². The van der Waals surface area contributed by atoms with Crippen molar-refractivity contribution in [2.24, 2.45) is 0 Å². The van der Waals surface area contributed by atoms with Crippen molar-refractivity contribution in [1.29, 1.82) is 0 Å². The Kier molecular flexibility index (Phi) is 5.64. The van der Waals surface area contributed by atoms with Gasteiger partial charge in [-0.1, -0.05) is 42.5 Å². The Hall–Kier alpha value is -3.76. The molecule has 0 bridgehead atoms. The van der Waals surface area contributed by atoms with E-state index in [0.29, 0.717) is 0 Å². The first-order valence-corrected chi connectivity index (χ1v) is 12.3. The van der Waals surface area contributed by atoms with Crippen LogP contribution in [0.4, 0.5) is 5.69 Å². The van der Waals surface area contributed by atoms with Gasteiger partial charge in [-0.3, -0.25) is 9.36 Å². The lowest BCUT2D eigenvalue weighted by Gasteiger charge is -2.24. The number of sulfonamides is 2. The Morgan fingerprint density at radius 3 is 1.69 bits per heavy atom. The zero-order chi connectivity index (χ0) is 22.8. The first-order valence-electron chi connectivity index (χ1n) is 9.37. The molecule has 0 radical (unpaired) electrons. The lowest BCUT2D eigenvalue weighted by Crippen LogP contribution is -2.41. The normalized spacial score (nSPS) is 11.8. The molecule has 32 heavy (non-hydrogen) atoms. The molecule has 0 N–H and O–H groups in total. The van der Waals surface area contributed by atoms with Crippen LogP contribution in [0.15, 0.2) is 118 Å². The zero-order valence-electron chi connectivity index (χ0n) is 16.5. The monoisotopic (exact) mass is 467 g/mol. The minimum Gasteiger partial charge on any atom is -0.266 e. The molecule has 2 aromatic carbocycles. The highest BCUT2D eigenvalue weighted by molar-refractivity contribution is 8.10. The van der Waals surface area contributed by atoms with Gasteiger partial charge in [-0.05, 0) is 48.5 Å². The molecular formula is C22H17N3O5S2. The Labute approximate surface area is 185 Å². The molecule has 4 aromatic rings. The van der Waals surface area contributed by atoms with E-state index >= 15 is 0 Å². The fourth-order valence-electron chi connectivity index (χ4n) is 3.06. The van der Waals surface area contributed by atoms with Gasteiger partial charge in [0.2, 0.25) is 0 Å². The highest BCUT2D eigenvalue weighted by Gasteiger charge is 2.38. The fourth-order valence-corrected chi connectivity index (χ4v) is 6.79. The molecule has 0 aliphatic heterocycles. The van der Waals surface area contributed by atoms with Crippen molar-refractivity contribution < 1.29 is 16.8 Å². The molecule has 8 nitrogen and oxygen atoms in total. The second-order valence-corrected chi connectivity index (χ2v) is 10.4. The van der Waals surface area contributed by atoms with Crippen molar-refractivity contribution in [2.75, 3.05) is 3.71 Å². The molecule has 0 saturated heterocycles. The molecule has 0 atom stereocenters. The summed E-state index contributed by atoms with van der Waals surface area (Å²) in [5.74, 6) is 0.216. The second kappa shape index (κ2) is 8.40. The summed E-state index contributed by atoms with van der Waals surface area (Å²) in [6.45, 7) is 0. The number of hydrogen-bond acceptors (Lipinski definition) is 6. The van der Waals surface area contributed by atoms with E-state index in [9.17, 15) is 21.6 Å². The zero-order valence-corrected chi connectivity index (χ0v) is 18.1. The number of benzene rings is 2. The van der Waals surface area contributed by atoms with Gasteiger partial charge in [-0.2, -0.15) is 3.71 Å². The standard InChI is InChI=1S/C22H17N3O5S2/c26-22-20(14-9-17-24(22)21-15-7-8-16-23-21)25(31(27,28)18-10-3-1-4-11-18)32(29,30)19-12-5-2-6-13-19/h1-17H. The van der Waals surface area contributed by atoms with Gasteiger partial charge < -0.3 is 0 Å². The number of anilines is 1. The molecule has 0 unspecified atom stereocenters. The molecule has 0 saturated carbocycles. The number of hydrogen-bond donors (Lipinski definition) is 0. The topological polar surface area (TPSA) is 106 Å². The average Bonchev–Trinajstić information content (AvgIpc) is 2.82. The Morgan fingerprint density at radius 2 is 1.19 bits per heavy atom. The van der Waals surface area contributed by atoms with Crippen LogP contribution in [0.5, 0.6) is 0 Å². The van der Waals surface area contributed by atoms with E-state index in [-0.39, 0.29) is 19.3 Å². The molecule has 4 rings (SSSR count). The van der Waals surface area contributed by atoms with Gasteiger partial charge in [0, 0.05) is 12.4 Å². The Morgan fingerprint density at radius 1 is 0.656 bits per heavy atom. The summed E-state index contributed by atoms with van der Waals surface area (Å²) in [6.07, 6.45) is 2.85. The molecule has 0 amide bonds. The molecule has 0 fully saturated rings. The largest absolute Gasteiger partial charge is 0.282 e. The van der Waals surface area contributed by atoms with Crippen LogP contribution < -0.4 is 9.27 Å². The molecule has 0 aliphatic rings. The molecule has 0 aliphatic carbocycles. The number of rotatable bonds is 6. The van der Waals surface area contributed by atoms with Crippen LogP contribution in [-0.2, 0) is 20.0 Å². The van der Waals surface area contributed by atoms with Crippen LogP contribution in [0.25, 0.3) is 5.82 Å². The van der Waals surface area contributed by atoms with E-state index in [1.54, 1.807) is 30.3 Å². The van der Waals surface area contributed by atoms with Crippen LogP contribution in [0, 0.1) is 0 Å². The van der Waals surface area contributed by atoms with Crippen LogP contribution in [0.1, 0.15) is 0 Å². The van der Waals surface area contributed by atoms with E-state index in [2.05, 4.69) is 4.98 Å². The lowest BCUT2D eigenvalue weighted by atomic mass is 10.4. The Balaban J connectivity index is 2.02. The summed E-state index contributed by atoms with van der Waals surface area (Å²) >= 11 is 0. The predicted molar refractivity (Wildman–Crippen MR) is 120 cm³/mol. The van der Waals surface area contributed by atoms with E-state index in [0.717, 1.165) is 10.6 Å². The summed E-state index contributed by atoms with van der Waals surface area (Å²) in [4.78, 5) is 16.9. The van der Waals surface area contributed by atoms with Crippen molar-refractivity contribution in [3.8, 4) is 5.82 Å². The molecule has 162 valence electrons. The summed E-state index contributed by atoms with van der Waals surface area (Å²) < 4.78 is 55.4. The summed E-state index contributed by atoms with van der Waals surface area (Å²) in [5, 5.41) is 0. The molecular weight excluding hydrogens is 450 g/mol. The molecule has 2 heterocycles. The van der Waals surface area contributed by atoms with E-state index in [1.807, 2.05) is 0 Å². The van der Waals surface area contributed by atoms with Crippen LogP contribution in [0.2, 0.25) is 0 Å². The van der Waals surface area contributed by atoms with Crippen molar-refractivity contribution in [3.05, 3.63) is 114 Å². The number of pyridine rings is 2. The predicted octanol–water partition coefficient (Wildman–Crippen LogP) is 2.82. The quantitative estimate of drug-likeness (QED) is 0.432. The smallest absolute Gasteiger partial charge is 0.266 e. The van der Waals surface area contributed by atoms with Crippen molar-refractivity contribution in [2.45, 2.75) is 9.79 Å². The number of aromatic nitrogens is 2. The van der Waals surface area contributed by atoms with Gasteiger partial charge >= 0.3 is 0 Å². The van der Waals surface area contributed by atoms with Gasteiger partial charge in [-0.15, -0.1) is 0 Å². The van der Waals surface area contributed by atoms with Crippen LogP contribution in [0.3, 0.4) is 0 Å². The van der Waals surface area contributed by atoms with E-state index in [1.165, 1.54) is 67.0 Å². The number of nitrogens with zero attached hydrogens (tertiary/aromatic N) is 3. The maximum atomic E-state index is 13.5. The summed E-state index contributed by atoms with van der Waals surface area (Å²) in [6, 6.07) is 21.6. The van der Waals surface area contributed by atoms with Gasteiger partial charge in [0.25, 0.3) is 25.6 Å². The third kappa shape index (κ3) is 3.81. The van der Waals surface area contributed by atoms with Crippen molar-refractivity contribution >= 4 is 25.7 Å². The van der Waals surface area contributed by atoms with E-state index < -0.39 is 31.3 Å². The Bertz CT molecular complexity index is 1430. The summed E-state index contributed by atoms with van der Waals surface area (Å²) in [7, 11) is -9.34. The highest BCUT2D eigenvalue weighted by atomic mass is 32.3. The maximum Gasteiger partial charge on any atom is 0.282 e. The highest BCUT2D eigenvalue weighted by Crippen LogP contribution is 2.28. The molecule has 2 aromatic heterocycles. The van der Waals surface area contributed by atoms with Crippen LogP contribution in [-0.4, -0.2) is 26.4 Å².